The zero-order chi connectivity index (χ0) is 23.5. The summed E-state index contributed by atoms with van der Waals surface area (Å²) in [5, 5.41) is 5.14. The van der Waals surface area contributed by atoms with Gasteiger partial charge in [-0.3, -0.25) is 4.90 Å². The van der Waals surface area contributed by atoms with Crippen LogP contribution in [0.25, 0.3) is 0 Å². The van der Waals surface area contributed by atoms with Gasteiger partial charge < -0.3 is 19.3 Å². The predicted octanol–water partition coefficient (Wildman–Crippen LogP) is 4.02. The Morgan fingerprint density at radius 2 is 1.94 bits per heavy atom. The maximum atomic E-state index is 12.8. The number of piperazine rings is 1. The van der Waals surface area contributed by atoms with Crippen molar-refractivity contribution in [2.45, 2.75) is 25.8 Å². The standard InChI is InChI=1S/C24H33ClN6O2S/c1-34-27-22-4-8-31(26-22)23(32)29-12-10-28(11-13-29)17-19-2-3-20(25)21(16-19)30-9-5-24(18-30)6-14-33-15-7-24/h2-4,8,16H,5-7,9-15,17-18H2,1H3,(H,26,27). The van der Waals surface area contributed by atoms with Crippen LogP contribution in [0.3, 0.4) is 0 Å². The molecule has 0 bridgehead atoms. The quantitative estimate of drug-likeness (QED) is 0.617. The molecule has 0 aliphatic carbocycles. The number of carbonyl (C=O) groups is 1. The summed E-state index contributed by atoms with van der Waals surface area (Å²) in [4.78, 5) is 19.5. The van der Waals surface area contributed by atoms with E-state index >= 15 is 0 Å². The minimum Gasteiger partial charge on any atom is -0.381 e. The number of halogens is 1. The van der Waals surface area contributed by atoms with Crippen molar-refractivity contribution >= 4 is 41.1 Å². The molecule has 184 valence electrons. The van der Waals surface area contributed by atoms with E-state index in [1.807, 2.05) is 23.3 Å². The van der Waals surface area contributed by atoms with E-state index < -0.39 is 0 Å². The van der Waals surface area contributed by atoms with Gasteiger partial charge in [0, 0.05) is 77.5 Å². The normalized spacial score (nSPS) is 20.8. The molecule has 3 aliphatic heterocycles. The Morgan fingerprint density at radius 1 is 1.15 bits per heavy atom. The highest BCUT2D eigenvalue weighted by molar-refractivity contribution is 7.99. The Kier molecular flexibility index (Phi) is 7.24. The van der Waals surface area contributed by atoms with Gasteiger partial charge in [0.15, 0.2) is 5.82 Å². The summed E-state index contributed by atoms with van der Waals surface area (Å²) in [6.07, 6.45) is 7.16. The minimum atomic E-state index is -0.0707. The van der Waals surface area contributed by atoms with Gasteiger partial charge in [0.2, 0.25) is 0 Å². The first kappa shape index (κ1) is 23.8. The van der Waals surface area contributed by atoms with Gasteiger partial charge in [-0.25, -0.2) is 4.79 Å². The average molecular weight is 505 g/mol. The lowest BCUT2D eigenvalue weighted by atomic mass is 9.80. The molecule has 5 rings (SSSR count). The molecule has 4 heterocycles. The first-order chi connectivity index (χ1) is 16.5. The minimum absolute atomic E-state index is 0.0707. The van der Waals surface area contributed by atoms with Crippen LogP contribution in [0.1, 0.15) is 24.8 Å². The van der Waals surface area contributed by atoms with Crippen LogP contribution in [0, 0.1) is 5.41 Å². The van der Waals surface area contributed by atoms with E-state index in [0.29, 0.717) is 24.3 Å². The van der Waals surface area contributed by atoms with E-state index in [9.17, 15) is 4.79 Å². The van der Waals surface area contributed by atoms with Gasteiger partial charge in [-0.2, -0.15) is 4.68 Å². The van der Waals surface area contributed by atoms with Gasteiger partial charge in [-0.15, -0.1) is 5.10 Å². The van der Waals surface area contributed by atoms with Gasteiger partial charge in [-0.05, 0) is 42.4 Å². The summed E-state index contributed by atoms with van der Waals surface area (Å²) in [6.45, 7) is 7.83. The zero-order valence-electron chi connectivity index (χ0n) is 19.7. The SMILES string of the molecule is CSNc1ccn(C(=O)N2CCN(Cc3ccc(Cl)c(N4CCC5(CCOCC5)C4)c3)CC2)n1. The molecule has 2 aromatic rings. The number of rotatable bonds is 5. The Labute approximate surface area is 210 Å². The van der Waals surface area contributed by atoms with E-state index in [1.54, 1.807) is 6.20 Å². The third kappa shape index (κ3) is 5.17. The molecule has 3 fully saturated rings. The fourth-order valence-corrected chi connectivity index (χ4v) is 5.90. The smallest absolute Gasteiger partial charge is 0.344 e. The first-order valence-corrected chi connectivity index (χ1v) is 13.6. The molecule has 1 spiro atoms. The molecule has 0 atom stereocenters. The lowest BCUT2D eigenvalue weighted by Crippen LogP contribution is -2.49. The Bertz CT molecular complexity index is 1000. The molecular weight excluding hydrogens is 472 g/mol. The lowest BCUT2D eigenvalue weighted by molar-refractivity contribution is 0.0254. The van der Waals surface area contributed by atoms with Crippen molar-refractivity contribution in [3.63, 3.8) is 0 Å². The average Bonchev–Trinajstić information content (AvgIpc) is 3.49. The number of benzene rings is 1. The van der Waals surface area contributed by atoms with Crippen molar-refractivity contribution in [2.24, 2.45) is 5.41 Å². The number of anilines is 2. The molecule has 1 aromatic carbocycles. The monoisotopic (exact) mass is 504 g/mol. The van der Waals surface area contributed by atoms with Gasteiger partial charge in [-0.1, -0.05) is 29.6 Å². The van der Waals surface area contributed by atoms with Crippen molar-refractivity contribution in [1.29, 1.82) is 0 Å². The molecular formula is C24H33ClN6O2S. The van der Waals surface area contributed by atoms with E-state index in [-0.39, 0.29) is 6.03 Å². The number of hydrogen-bond donors (Lipinski definition) is 1. The van der Waals surface area contributed by atoms with Gasteiger partial charge in [0.1, 0.15) is 0 Å². The van der Waals surface area contributed by atoms with E-state index in [0.717, 1.165) is 69.5 Å². The number of amides is 1. The fourth-order valence-electron chi connectivity index (χ4n) is 5.34. The summed E-state index contributed by atoms with van der Waals surface area (Å²) in [6, 6.07) is 8.18. The lowest BCUT2D eigenvalue weighted by Gasteiger charge is -2.35. The summed E-state index contributed by atoms with van der Waals surface area (Å²) in [7, 11) is 0. The van der Waals surface area contributed by atoms with Gasteiger partial charge in [0.25, 0.3) is 0 Å². The highest BCUT2D eigenvalue weighted by Crippen LogP contribution is 2.43. The molecule has 3 aliphatic rings. The van der Waals surface area contributed by atoms with Crippen LogP contribution in [-0.4, -0.2) is 84.3 Å². The second-order valence-electron chi connectivity index (χ2n) is 9.57. The third-order valence-electron chi connectivity index (χ3n) is 7.38. The summed E-state index contributed by atoms with van der Waals surface area (Å²) >= 11 is 8.10. The van der Waals surface area contributed by atoms with Crippen LogP contribution in [0.2, 0.25) is 5.02 Å². The molecule has 8 nitrogen and oxygen atoms in total. The van der Waals surface area contributed by atoms with Crippen LogP contribution in [0.5, 0.6) is 0 Å². The van der Waals surface area contributed by atoms with Crippen LogP contribution >= 0.6 is 23.5 Å². The summed E-state index contributed by atoms with van der Waals surface area (Å²) in [5.41, 5.74) is 2.82. The van der Waals surface area contributed by atoms with Crippen LogP contribution in [0.15, 0.2) is 30.5 Å². The Balaban J connectivity index is 1.17. The molecule has 0 saturated carbocycles. The number of aromatic nitrogens is 2. The molecule has 3 saturated heterocycles. The number of hydrogen-bond acceptors (Lipinski definition) is 7. The van der Waals surface area contributed by atoms with Crippen molar-refractivity contribution in [3.8, 4) is 0 Å². The number of nitrogens with zero attached hydrogens (tertiary/aromatic N) is 5. The van der Waals surface area contributed by atoms with E-state index in [4.69, 9.17) is 16.3 Å². The topological polar surface area (TPSA) is 65.9 Å². The van der Waals surface area contributed by atoms with Crippen molar-refractivity contribution in [2.75, 3.05) is 68.4 Å². The maximum Gasteiger partial charge on any atom is 0.344 e. The molecule has 1 amide bonds. The second-order valence-corrected chi connectivity index (χ2v) is 10.6. The zero-order valence-corrected chi connectivity index (χ0v) is 21.3. The number of carbonyl (C=O) groups excluding carboxylic acids is 1. The van der Waals surface area contributed by atoms with Crippen molar-refractivity contribution < 1.29 is 9.53 Å². The molecule has 1 N–H and O–H groups in total. The largest absolute Gasteiger partial charge is 0.381 e. The highest BCUT2D eigenvalue weighted by Gasteiger charge is 2.39. The fraction of sp³-hybridized carbons (Fsp3) is 0.583. The predicted molar refractivity (Wildman–Crippen MR) is 138 cm³/mol. The molecule has 34 heavy (non-hydrogen) atoms. The van der Waals surface area contributed by atoms with Crippen LogP contribution in [-0.2, 0) is 11.3 Å². The summed E-state index contributed by atoms with van der Waals surface area (Å²) in [5.74, 6) is 0.693. The van der Waals surface area contributed by atoms with Gasteiger partial charge in [0.05, 0.1) is 10.7 Å². The highest BCUT2D eigenvalue weighted by atomic mass is 35.5. The second kappa shape index (κ2) is 10.4. The number of nitrogens with one attached hydrogen (secondary N) is 1. The van der Waals surface area contributed by atoms with Crippen LogP contribution in [0.4, 0.5) is 16.3 Å². The molecule has 1 aromatic heterocycles. The number of ether oxygens (including phenoxy) is 1. The molecule has 0 unspecified atom stereocenters. The van der Waals surface area contributed by atoms with E-state index in [1.165, 1.54) is 28.6 Å². The summed E-state index contributed by atoms with van der Waals surface area (Å²) < 4.78 is 10.1. The molecule has 10 heteroatoms. The Morgan fingerprint density at radius 3 is 2.71 bits per heavy atom. The van der Waals surface area contributed by atoms with E-state index in [2.05, 4.69) is 31.8 Å². The Hall–Kier alpha value is -1.94. The maximum absolute atomic E-state index is 12.8. The van der Waals surface area contributed by atoms with Crippen molar-refractivity contribution in [3.05, 3.63) is 41.0 Å². The van der Waals surface area contributed by atoms with Crippen LogP contribution < -0.4 is 9.62 Å². The van der Waals surface area contributed by atoms with Crippen molar-refractivity contribution in [1.82, 2.24) is 19.6 Å². The third-order valence-corrected chi connectivity index (χ3v) is 8.12. The molecule has 0 radical (unpaired) electrons. The van der Waals surface area contributed by atoms with Gasteiger partial charge >= 0.3 is 6.03 Å². The first-order valence-electron chi connectivity index (χ1n) is 12.0.